The van der Waals surface area contributed by atoms with Crippen LogP contribution in [0.15, 0.2) is 23.8 Å². The zero-order chi connectivity index (χ0) is 11.8. The van der Waals surface area contributed by atoms with Gasteiger partial charge in [0.1, 0.15) is 0 Å². The van der Waals surface area contributed by atoms with E-state index in [0.29, 0.717) is 5.41 Å². The van der Waals surface area contributed by atoms with Gasteiger partial charge in [0, 0.05) is 5.92 Å². The van der Waals surface area contributed by atoms with Crippen molar-refractivity contribution in [1.82, 2.24) is 0 Å². The summed E-state index contributed by atoms with van der Waals surface area (Å²) >= 11 is 0. The number of allylic oxidation sites excluding steroid dienone is 4. The topological polar surface area (TPSA) is 0 Å². The lowest BCUT2D eigenvalue weighted by Crippen LogP contribution is -2.37. The molecule has 0 saturated carbocycles. The highest BCUT2D eigenvalue weighted by atomic mass is 14.4. The average Bonchev–Trinajstić information content (AvgIpc) is 2.29. The second kappa shape index (κ2) is 4.39. The van der Waals surface area contributed by atoms with E-state index in [4.69, 9.17) is 0 Å². The van der Waals surface area contributed by atoms with Gasteiger partial charge in [0.15, 0.2) is 0 Å². The Hall–Kier alpha value is -0.520. The Morgan fingerprint density at radius 2 is 2.12 bits per heavy atom. The Morgan fingerprint density at radius 3 is 2.81 bits per heavy atom. The number of fused-ring (bicyclic) bond motifs is 1. The number of rotatable bonds is 2. The molecule has 3 unspecified atom stereocenters. The molecule has 16 heavy (non-hydrogen) atoms. The molecular formula is C16H26. The normalized spacial score (nSPS) is 34.5. The first-order valence-electron chi connectivity index (χ1n) is 6.89. The third kappa shape index (κ3) is 1.99. The molecule has 0 saturated heterocycles. The van der Waals surface area contributed by atoms with Gasteiger partial charge in [-0.05, 0) is 43.4 Å². The van der Waals surface area contributed by atoms with Crippen LogP contribution in [-0.4, -0.2) is 0 Å². The van der Waals surface area contributed by atoms with Gasteiger partial charge in [-0.3, -0.25) is 0 Å². The van der Waals surface area contributed by atoms with E-state index in [1.54, 1.807) is 5.57 Å². The van der Waals surface area contributed by atoms with E-state index in [1.807, 2.05) is 0 Å². The van der Waals surface area contributed by atoms with Crippen LogP contribution in [0.3, 0.4) is 0 Å². The zero-order valence-electron chi connectivity index (χ0n) is 11.3. The molecule has 0 aliphatic heterocycles. The molecule has 2 rings (SSSR count). The first-order valence-corrected chi connectivity index (χ1v) is 6.89. The molecular weight excluding hydrogens is 192 g/mol. The van der Waals surface area contributed by atoms with Crippen LogP contribution in [0.2, 0.25) is 0 Å². The van der Waals surface area contributed by atoms with Gasteiger partial charge in [0.2, 0.25) is 0 Å². The van der Waals surface area contributed by atoms with Crippen LogP contribution in [0.1, 0.15) is 53.4 Å². The fraction of sp³-hybridized carbons (Fsp3) is 0.750. The average molecular weight is 218 g/mol. The van der Waals surface area contributed by atoms with Crippen LogP contribution < -0.4 is 0 Å². The van der Waals surface area contributed by atoms with Gasteiger partial charge >= 0.3 is 0 Å². The maximum atomic E-state index is 2.47. The van der Waals surface area contributed by atoms with E-state index in [9.17, 15) is 0 Å². The molecule has 3 atom stereocenters. The maximum Gasteiger partial charge on any atom is 0.000530 e. The van der Waals surface area contributed by atoms with E-state index in [1.165, 1.54) is 25.7 Å². The van der Waals surface area contributed by atoms with Gasteiger partial charge in [-0.2, -0.15) is 0 Å². The summed E-state index contributed by atoms with van der Waals surface area (Å²) in [5, 5.41) is 0. The van der Waals surface area contributed by atoms with Crippen molar-refractivity contribution in [2.24, 2.45) is 23.2 Å². The Morgan fingerprint density at radius 1 is 1.38 bits per heavy atom. The van der Waals surface area contributed by atoms with Crippen molar-refractivity contribution in [3.8, 4) is 0 Å². The van der Waals surface area contributed by atoms with E-state index in [0.717, 1.165) is 17.8 Å². The van der Waals surface area contributed by atoms with E-state index in [-0.39, 0.29) is 0 Å². The summed E-state index contributed by atoms with van der Waals surface area (Å²) in [6.45, 7) is 9.59. The molecule has 0 aromatic heterocycles. The zero-order valence-corrected chi connectivity index (χ0v) is 11.3. The van der Waals surface area contributed by atoms with Gasteiger partial charge in [-0.15, -0.1) is 0 Å². The highest BCUT2D eigenvalue weighted by Gasteiger charge is 2.39. The van der Waals surface area contributed by atoms with Crippen molar-refractivity contribution in [3.05, 3.63) is 23.8 Å². The second-order valence-corrected chi connectivity index (χ2v) is 6.33. The van der Waals surface area contributed by atoms with Gasteiger partial charge in [-0.25, -0.2) is 0 Å². The van der Waals surface area contributed by atoms with E-state index >= 15 is 0 Å². The lowest BCUT2D eigenvalue weighted by molar-refractivity contribution is 0.0977. The van der Waals surface area contributed by atoms with E-state index in [2.05, 4.69) is 45.9 Å². The molecule has 0 heteroatoms. The molecule has 0 bridgehead atoms. The van der Waals surface area contributed by atoms with Crippen LogP contribution in [-0.2, 0) is 0 Å². The van der Waals surface area contributed by atoms with Crippen LogP contribution in [0.5, 0.6) is 0 Å². The van der Waals surface area contributed by atoms with Crippen molar-refractivity contribution >= 4 is 0 Å². The summed E-state index contributed by atoms with van der Waals surface area (Å²) in [5.41, 5.74) is 2.12. The van der Waals surface area contributed by atoms with Gasteiger partial charge in [0.25, 0.3) is 0 Å². The number of hydrogen-bond donors (Lipinski definition) is 0. The fourth-order valence-corrected chi connectivity index (χ4v) is 3.61. The van der Waals surface area contributed by atoms with Crippen molar-refractivity contribution in [2.45, 2.75) is 53.4 Å². The van der Waals surface area contributed by atoms with Crippen LogP contribution in [0.4, 0.5) is 0 Å². The highest BCUT2D eigenvalue weighted by molar-refractivity contribution is 5.20. The molecule has 0 fully saturated rings. The standard InChI is InChI=1S/C16H26/c1-5-16(3,4)15-11-7-9-13-12(2)8-6-10-14(13)15/h7-9,13-15H,5-6,10-11H2,1-4H3. The van der Waals surface area contributed by atoms with Crippen molar-refractivity contribution in [1.29, 1.82) is 0 Å². The van der Waals surface area contributed by atoms with Crippen LogP contribution in [0.25, 0.3) is 0 Å². The molecule has 0 heterocycles. The molecule has 0 amide bonds. The molecule has 0 spiro atoms. The summed E-state index contributed by atoms with van der Waals surface area (Å²) in [4.78, 5) is 0. The van der Waals surface area contributed by atoms with E-state index < -0.39 is 0 Å². The lowest BCUT2D eigenvalue weighted by Gasteiger charge is -2.45. The van der Waals surface area contributed by atoms with Crippen LogP contribution >= 0.6 is 0 Å². The first kappa shape index (κ1) is 12.0. The predicted octanol–water partition coefficient (Wildman–Crippen LogP) is 4.97. The van der Waals surface area contributed by atoms with Crippen LogP contribution in [0, 0.1) is 23.2 Å². The number of hydrogen-bond acceptors (Lipinski definition) is 0. The Balaban J connectivity index is 2.25. The minimum absolute atomic E-state index is 0.505. The molecule has 0 aromatic rings. The molecule has 0 radical (unpaired) electrons. The third-order valence-corrected chi connectivity index (χ3v) is 5.12. The Bertz CT molecular complexity index is 306. The quantitative estimate of drug-likeness (QED) is 0.574. The largest absolute Gasteiger partial charge is 0.0876 e. The minimum Gasteiger partial charge on any atom is -0.0876 e. The molecule has 90 valence electrons. The monoisotopic (exact) mass is 218 g/mol. The van der Waals surface area contributed by atoms with Crippen molar-refractivity contribution in [2.75, 3.05) is 0 Å². The summed E-state index contributed by atoms with van der Waals surface area (Å²) in [6, 6.07) is 0. The summed E-state index contributed by atoms with van der Waals surface area (Å²) in [6.07, 6.45) is 12.7. The molecule has 0 nitrogen and oxygen atoms in total. The van der Waals surface area contributed by atoms with Gasteiger partial charge < -0.3 is 0 Å². The summed E-state index contributed by atoms with van der Waals surface area (Å²) in [7, 11) is 0. The lowest BCUT2D eigenvalue weighted by atomic mass is 9.59. The Labute approximate surface area is 101 Å². The summed E-state index contributed by atoms with van der Waals surface area (Å²) < 4.78 is 0. The highest BCUT2D eigenvalue weighted by Crippen LogP contribution is 2.49. The van der Waals surface area contributed by atoms with Gasteiger partial charge in [0.05, 0.1) is 0 Å². The van der Waals surface area contributed by atoms with Crippen molar-refractivity contribution < 1.29 is 0 Å². The molecule has 2 aliphatic carbocycles. The fourth-order valence-electron chi connectivity index (χ4n) is 3.61. The van der Waals surface area contributed by atoms with Gasteiger partial charge in [-0.1, -0.05) is 51.0 Å². The smallest absolute Gasteiger partial charge is 0.000530 e. The summed E-state index contributed by atoms with van der Waals surface area (Å²) in [5.74, 6) is 2.54. The Kier molecular flexibility index (Phi) is 3.28. The first-order chi connectivity index (χ1) is 7.56. The second-order valence-electron chi connectivity index (χ2n) is 6.33. The predicted molar refractivity (Wildman–Crippen MR) is 71.3 cm³/mol. The minimum atomic E-state index is 0.505. The molecule has 2 aliphatic rings. The SMILES string of the molecule is CCC(C)(C)C1CC=CC2C(C)=CCCC21. The molecule has 0 aromatic carbocycles. The molecule has 0 N–H and O–H groups in total. The maximum absolute atomic E-state index is 2.47. The third-order valence-electron chi connectivity index (χ3n) is 5.12. The van der Waals surface area contributed by atoms with Crippen molar-refractivity contribution in [3.63, 3.8) is 0 Å².